The number of nitrogens with two attached hydrogens (primary N) is 1. The van der Waals surface area contributed by atoms with Crippen LogP contribution in [0.2, 0.25) is 0 Å². The first-order chi connectivity index (χ1) is 8.76. The third kappa shape index (κ3) is 4.38. The summed E-state index contributed by atoms with van der Waals surface area (Å²) in [5.74, 6) is 0.0876. The molecule has 1 aromatic rings. The molecule has 6 nitrogen and oxygen atoms in total. The Labute approximate surface area is 113 Å². The molecule has 1 rings (SSSR count). The Bertz CT molecular complexity index is 529. The fraction of sp³-hybridized carbons (Fsp3) is 0.500. The number of rotatable bonds is 6. The van der Waals surface area contributed by atoms with Crippen molar-refractivity contribution in [2.45, 2.75) is 31.2 Å². The smallest absolute Gasteiger partial charge is 0.240 e. The van der Waals surface area contributed by atoms with Gasteiger partial charge in [0.25, 0.3) is 0 Å². The van der Waals surface area contributed by atoms with Crippen LogP contribution >= 0.6 is 0 Å². The summed E-state index contributed by atoms with van der Waals surface area (Å²) in [5.41, 5.74) is 5.46. The average molecular weight is 288 g/mol. The number of aromatic hydroxyl groups is 1. The number of aliphatic hydroxyl groups is 1. The Hall–Kier alpha value is -1.31. The van der Waals surface area contributed by atoms with E-state index in [9.17, 15) is 18.6 Å². The van der Waals surface area contributed by atoms with Gasteiger partial charge in [0.15, 0.2) is 0 Å². The maximum Gasteiger partial charge on any atom is 0.240 e. The lowest BCUT2D eigenvalue weighted by atomic mass is 10.1. The maximum absolute atomic E-state index is 12.1. The number of hydrogen-bond acceptors (Lipinski definition) is 5. The zero-order chi connectivity index (χ0) is 14.6. The number of hydrogen-bond donors (Lipinski definition) is 4. The van der Waals surface area contributed by atoms with Crippen LogP contribution in [-0.4, -0.2) is 31.3 Å². The summed E-state index contributed by atoms with van der Waals surface area (Å²) in [7, 11) is -3.76. The van der Waals surface area contributed by atoms with Gasteiger partial charge in [-0.1, -0.05) is 13.8 Å². The fourth-order valence-electron chi connectivity index (χ4n) is 1.72. The SMILES string of the molecule is CC(C)CC(CO)NS(=O)(=O)c1ccc(O)c(N)c1. The average Bonchev–Trinajstić information content (AvgIpc) is 2.30. The molecule has 0 fully saturated rings. The fourth-order valence-corrected chi connectivity index (χ4v) is 2.99. The molecule has 0 heterocycles. The van der Waals surface area contributed by atoms with Gasteiger partial charge >= 0.3 is 0 Å². The molecule has 7 heteroatoms. The van der Waals surface area contributed by atoms with E-state index in [1.54, 1.807) is 0 Å². The minimum absolute atomic E-state index is 0.00715. The minimum atomic E-state index is -3.76. The van der Waals surface area contributed by atoms with E-state index in [1.165, 1.54) is 18.2 Å². The van der Waals surface area contributed by atoms with E-state index in [0.717, 1.165) is 0 Å². The van der Waals surface area contributed by atoms with Crippen molar-refractivity contribution in [2.24, 2.45) is 5.92 Å². The number of phenolic OH excluding ortho intramolecular Hbond substituents is 1. The van der Waals surface area contributed by atoms with Crippen LogP contribution in [0.15, 0.2) is 23.1 Å². The van der Waals surface area contributed by atoms with Crippen LogP contribution in [0, 0.1) is 5.92 Å². The van der Waals surface area contributed by atoms with Crippen molar-refractivity contribution in [2.75, 3.05) is 12.3 Å². The van der Waals surface area contributed by atoms with Crippen LogP contribution in [-0.2, 0) is 10.0 Å². The molecule has 0 spiro atoms. The lowest BCUT2D eigenvalue weighted by Crippen LogP contribution is -2.38. The summed E-state index contributed by atoms with van der Waals surface area (Å²) in [5, 5.41) is 18.5. The first kappa shape index (κ1) is 15.7. The van der Waals surface area contributed by atoms with Crippen molar-refractivity contribution in [1.82, 2.24) is 4.72 Å². The Morgan fingerprint density at radius 3 is 2.47 bits per heavy atom. The molecule has 0 saturated heterocycles. The van der Waals surface area contributed by atoms with Gasteiger partial charge in [-0.3, -0.25) is 0 Å². The molecule has 0 bridgehead atoms. The standard InChI is InChI=1S/C12H20N2O4S/c1-8(2)5-9(7-15)14-19(17,18)10-3-4-12(16)11(13)6-10/h3-4,6,8-9,14-16H,5,7,13H2,1-2H3. The molecule has 1 unspecified atom stereocenters. The van der Waals surface area contributed by atoms with Gasteiger partial charge in [0.05, 0.1) is 17.2 Å². The van der Waals surface area contributed by atoms with E-state index < -0.39 is 16.1 Å². The summed E-state index contributed by atoms with van der Waals surface area (Å²) in [4.78, 5) is -0.0370. The van der Waals surface area contributed by atoms with Crippen LogP contribution < -0.4 is 10.5 Å². The molecule has 1 aromatic carbocycles. The summed E-state index contributed by atoms with van der Waals surface area (Å²) in [6.07, 6.45) is 0.531. The van der Waals surface area contributed by atoms with E-state index in [0.29, 0.717) is 6.42 Å². The Kier molecular flexibility index (Phi) is 5.16. The number of nitrogens with one attached hydrogen (secondary N) is 1. The largest absolute Gasteiger partial charge is 0.506 e. The number of sulfonamides is 1. The van der Waals surface area contributed by atoms with Crippen LogP contribution in [0.1, 0.15) is 20.3 Å². The van der Waals surface area contributed by atoms with Gasteiger partial charge in [0.1, 0.15) is 5.75 Å². The zero-order valence-corrected chi connectivity index (χ0v) is 11.8. The monoisotopic (exact) mass is 288 g/mol. The molecule has 19 heavy (non-hydrogen) atoms. The lowest BCUT2D eigenvalue weighted by Gasteiger charge is -2.18. The van der Waals surface area contributed by atoms with E-state index in [4.69, 9.17) is 5.73 Å². The van der Waals surface area contributed by atoms with Gasteiger partial charge in [0.2, 0.25) is 10.0 Å². The van der Waals surface area contributed by atoms with Crippen molar-refractivity contribution >= 4 is 15.7 Å². The summed E-state index contributed by atoms with van der Waals surface area (Å²) in [6.45, 7) is 3.61. The van der Waals surface area contributed by atoms with E-state index >= 15 is 0 Å². The first-order valence-electron chi connectivity index (χ1n) is 5.98. The van der Waals surface area contributed by atoms with E-state index in [1.807, 2.05) is 13.8 Å². The number of phenols is 1. The highest BCUT2D eigenvalue weighted by molar-refractivity contribution is 7.89. The maximum atomic E-state index is 12.1. The van der Waals surface area contributed by atoms with E-state index in [2.05, 4.69) is 4.72 Å². The van der Waals surface area contributed by atoms with Crippen molar-refractivity contribution in [3.63, 3.8) is 0 Å². The number of aliphatic hydroxyl groups excluding tert-OH is 1. The van der Waals surface area contributed by atoms with Gasteiger partial charge in [-0.25, -0.2) is 13.1 Å². The summed E-state index contributed by atoms with van der Waals surface area (Å²) < 4.78 is 26.6. The number of benzene rings is 1. The normalized spacial score (nSPS) is 13.7. The van der Waals surface area contributed by atoms with Crippen LogP contribution in [0.5, 0.6) is 5.75 Å². The summed E-state index contributed by atoms with van der Waals surface area (Å²) >= 11 is 0. The molecule has 0 saturated carbocycles. The van der Waals surface area contributed by atoms with E-state index in [-0.39, 0.29) is 28.9 Å². The van der Waals surface area contributed by atoms with Gasteiger partial charge in [-0.2, -0.15) is 0 Å². The van der Waals surface area contributed by atoms with Gasteiger partial charge in [-0.05, 0) is 30.5 Å². The van der Waals surface area contributed by atoms with Crippen molar-refractivity contribution < 1.29 is 18.6 Å². The Balaban J connectivity index is 2.93. The lowest BCUT2D eigenvalue weighted by molar-refractivity contribution is 0.240. The second-order valence-corrected chi connectivity index (χ2v) is 6.56. The molecule has 0 radical (unpaired) electrons. The second kappa shape index (κ2) is 6.23. The highest BCUT2D eigenvalue weighted by atomic mass is 32.2. The van der Waals surface area contributed by atoms with Gasteiger partial charge < -0.3 is 15.9 Å². The Morgan fingerprint density at radius 1 is 1.37 bits per heavy atom. The predicted octanol–water partition coefficient (Wildman–Crippen LogP) is 0.660. The topological polar surface area (TPSA) is 113 Å². The third-order valence-electron chi connectivity index (χ3n) is 2.61. The number of nitrogen functional groups attached to an aromatic ring is 1. The third-order valence-corrected chi connectivity index (χ3v) is 4.13. The van der Waals surface area contributed by atoms with Gasteiger partial charge in [0, 0.05) is 6.04 Å². The molecular formula is C12H20N2O4S. The van der Waals surface area contributed by atoms with Crippen molar-refractivity contribution in [3.8, 4) is 5.75 Å². The minimum Gasteiger partial charge on any atom is -0.506 e. The molecule has 108 valence electrons. The number of anilines is 1. The van der Waals surface area contributed by atoms with Crippen LogP contribution in [0.25, 0.3) is 0 Å². The second-order valence-electron chi connectivity index (χ2n) is 4.85. The molecule has 0 aromatic heterocycles. The highest BCUT2D eigenvalue weighted by Gasteiger charge is 2.21. The zero-order valence-electron chi connectivity index (χ0n) is 11.0. The molecule has 0 aliphatic rings. The van der Waals surface area contributed by atoms with Crippen molar-refractivity contribution in [1.29, 1.82) is 0 Å². The highest BCUT2D eigenvalue weighted by Crippen LogP contribution is 2.23. The molecule has 0 aliphatic carbocycles. The molecular weight excluding hydrogens is 268 g/mol. The first-order valence-corrected chi connectivity index (χ1v) is 7.46. The van der Waals surface area contributed by atoms with Gasteiger partial charge in [-0.15, -0.1) is 0 Å². The molecule has 1 atom stereocenters. The molecule has 5 N–H and O–H groups in total. The quantitative estimate of drug-likeness (QED) is 0.454. The molecule has 0 aliphatic heterocycles. The Morgan fingerprint density at radius 2 is 2.00 bits per heavy atom. The van der Waals surface area contributed by atoms with Crippen LogP contribution in [0.3, 0.4) is 0 Å². The molecule has 0 amide bonds. The van der Waals surface area contributed by atoms with Crippen molar-refractivity contribution in [3.05, 3.63) is 18.2 Å². The summed E-state index contributed by atoms with van der Waals surface area (Å²) in [6, 6.07) is 3.12. The predicted molar refractivity (Wildman–Crippen MR) is 73.2 cm³/mol. The van der Waals surface area contributed by atoms with Crippen LogP contribution in [0.4, 0.5) is 5.69 Å².